The summed E-state index contributed by atoms with van der Waals surface area (Å²) in [6.45, 7) is 11.4. The summed E-state index contributed by atoms with van der Waals surface area (Å²) in [7, 11) is 0. The molecule has 0 N–H and O–H groups in total. The third kappa shape index (κ3) is 47.5. The lowest BCUT2D eigenvalue weighted by molar-refractivity contribution is -0.167. The van der Waals surface area contributed by atoms with E-state index in [1.807, 2.05) is 0 Å². The number of hydrogen-bond acceptors (Lipinski definition) is 6. The van der Waals surface area contributed by atoms with E-state index in [-0.39, 0.29) is 31.1 Å². The highest BCUT2D eigenvalue weighted by Gasteiger charge is 2.19. The zero-order chi connectivity index (χ0) is 44.0. The van der Waals surface area contributed by atoms with Crippen LogP contribution in [0.5, 0.6) is 0 Å². The molecule has 0 aromatic rings. The van der Waals surface area contributed by atoms with E-state index in [0.717, 1.165) is 69.6 Å². The molecule has 60 heavy (non-hydrogen) atoms. The van der Waals surface area contributed by atoms with Crippen molar-refractivity contribution in [2.75, 3.05) is 13.2 Å². The largest absolute Gasteiger partial charge is 0.462 e. The molecule has 6 nitrogen and oxygen atoms in total. The monoisotopic (exact) mass is 849 g/mol. The van der Waals surface area contributed by atoms with Crippen LogP contribution in [0.3, 0.4) is 0 Å². The van der Waals surface area contributed by atoms with Gasteiger partial charge in [0.25, 0.3) is 0 Å². The predicted octanol–water partition coefficient (Wildman–Crippen LogP) is 17.3. The fraction of sp³-hybridized carbons (Fsp3) is 0.944. The molecule has 0 rings (SSSR count). The molecule has 0 saturated heterocycles. The Balaban J connectivity index is 4.26. The Morgan fingerprint density at radius 2 is 0.550 bits per heavy atom. The van der Waals surface area contributed by atoms with E-state index in [0.29, 0.717) is 19.3 Å². The zero-order valence-electron chi connectivity index (χ0n) is 41.1. The molecular formula is C54H104O6. The van der Waals surface area contributed by atoms with Gasteiger partial charge >= 0.3 is 17.9 Å². The molecule has 0 aromatic heterocycles. The van der Waals surface area contributed by atoms with Crippen molar-refractivity contribution < 1.29 is 28.6 Å². The molecule has 0 bridgehead atoms. The molecule has 1 atom stereocenters. The van der Waals surface area contributed by atoms with Gasteiger partial charge in [-0.05, 0) is 31.1 Å². The second-order valence-electron chi connectivity index (χ2n) is 19.5. The summed E-state index contributed by atoms with van der Waals surface area (Å²) in [5, 5.41) is 0. The average molecular weight is 849 g/mol. The number of hydrogen-bond donors (Lipinski definition) is 0. The van der Waals surface area contributed by atoms with Crippen LogP contribution in [-0.4, -0.2) is 37.2 Å². The average Bonchev–Trinajstić information content (AvgIpc) is 3.22. The van der Waals surface area contributed by atoms with Crippen molar-refractivity contribution in [3.8, 4) is 0 Å². The second-order valence-corrected chi connectivity index (χ2v) is 19.5. The minimum absolute atomic E-state index is 0.0634. The molecule has 0 aromatic carbocycles. The van der Waals surface area contributed by atoms with E-state index in [2.05, 4.69) is 34.6 Å². The van der Waals surface area contributed by atoms with Crippen LogP contribution in [0.25, 0.3) is 0 Å². The fourth-order valence-electron chi connectivity index (χ4n) is 8.17. The molecular weight excluding hydrogens is 745 g/mol. The fourth-order valence-corrected chi connectivity index (χ4v) is 8.17. The van der Waals surface area contributed by atoms with Crippen LogP contribution < -0.4 is 0 Å². The van der Waals surface area contributed by atoms with Crippen molar-refractivity contribution in [1.82, 2.24) is 0 Å². The summed E-state index contributed by atoms with van der Waals surface area (Å²) < 4.78 is 16.8. The number of esters is 3. The molecule has 0 unspecified atom stereocenters. The van der Waals surface area contributed by atoms with Crippen LogP contribution in [0.2, 0.25) is 0 Å². The van der Waals surface area contributed by atoms with Crippen LogP contribution in [-0.2, 0) is 28.6 Å². The number of carbonyl (C=O) groups excluding carboxylic acids is 3. The molecule has 0 saturated carbocycles. The predicted molar refractivity (Wildman–Crippen MR) is 256 cm³/mol. The maximum Gasteiger partial charge on any atom is 0.306 e. The first-order valence-electron chi connectivity index (χ1n) is 26.7. The first-order valence-corrected chi connectivity index (χ1v) is 26.7. The van der Waals surface area contributed by atoms with Gasteiger partial charge in [-0.1, -0.05) is 259 Å². The summed E-state index contributed by atoms with van der Waals surface area (Å²) in [5.74, 6) is 0.819. The quantitative estimate of drug-likeness (QED) is 0.0345. The van der Waals surface area contributed by atoms with Gasteiger partial charge in [0, 0.05) is 19.3 Å². The Hall–Kier alpha value is -1.59. The second kappa shape index (κ2) is 46.9. The molecule has 6 heteroatoms. The number of ether oxygens (including phenoxy) is 3. The summed E-state index contributed by atoms with van der Waals surface area (Å²) in [6, 6.07) is 0. The normalized spacial score (nSPS) is 12.1. The lowest BCUT2D eigenvalue weighted by Crippen LogP contribution is -2.30. The lowest BCUT2D eigenvalue weighted by Gasteiger charge is -2.18. The van der Waals surface area contributed by atoms with Crippen molar-refractivity contribution in [1.29, 1.82) is 0 Å². The minimum Gasteiger partial charge on any atom is -0.462 e. The van der Waals surface area contributed by atoms with Crippen LogP contribution in [0.1, 0.15) is 298 Å². The first kappa shape index (κ1) is 58.4. The Labute approximate surface area is 374 Å². The number of rotatable bonds is 48. The summed E-state index contributed by atoms with van der Waals surface area (Å²) in [5.41, 5.74) is 0. The molecule has 0 aliphatic carbocycles. The number of unbranched alkanes of at least 4 members (excludes halogenated alkanes) is 33. The van der Waals surface area contributed by atoms with Gasteiger partial charge in [0.1, 0.15) is 13.2 Å². The standard InChI is InChI=1S/C54H104O6/c1-6-7-8-9-10-11-17-24-29-34-39-44-52(55)58-47-51(60-54(57)46-41-36-31-26-21-20-23-28-33-38-43-50(4)5)48-59-53(56)45-40-35-30-25-19-16-14-12-13-15-18-22-27-32-37-42-49(2)3/h49-51H,6-48H2,1-5H3/t51-/m1/s1. The van der Waals surface area contributed by atoms with Gasteiger partial charge in [0.05, 0.1) is 0 Å². The lowest BCUT2D eigenvalue weighted by atomic mass is 10.0. The highest BCUT2D eigenvalue weighted by molar-refractivity contribution is 5.71. The molecule has 0 fully saturated rings. The zero-order valence-corrected chi connectivity index (χ0v) is 41.1. The van der Waals surface area contributed by atoms with Gasteiger partial charge in [-0.15, -0.1) is 0 Å². The van der Waals surface area contributed by atoms with E-state index >= 15 is 0 Å². The van der Waals surface area contributed by atoms with E-state index < -0.39 is 6.10 Å². The highest BCUT2D eigenvalue weighted by atomic mass is 16.6. The molecule has 0 amide bonds. The molecule has 0 radical (unpaired) electrons. The molecule has 0 aliphatic heterocycles. The van der Waals surface area contributed by atoms with Gasteiger partial charge in [-0.25, -0.2) is 0 Å². The maximum atomic E-state index is 12.8. The van der Waals surface area contributed by atoms with Gasteiger partial charge in [0.2, 0.25) is 0 Å². The van der Waals surface area contributed by atoms with Crippen molar-refractivity contribution in [3.63, 3.8) is 0 Å². The molecule has 0 aliphatic rings. The summed E-state index contributed by atoms with van der Waals surface area (Å²) >= 11 is 0. The number of carbonyl (C=O) groups is 3. The third-order valence-corrected chi connectivity index (χ3v) is 12.2. The van der Waals surface area contributed by atoms with E-state index in [1.165, 1.54) is 186 Å². The van der Waals surface area contributed by atoms with Gasteiger partial charge < -0.3 is 14.2 Å². The van der Waals surface area contributed by atoms with Crippen molar-refractivity contribution in [2.45, 2.75) is 304 Å². The first-order chi connectivity index (χ1) is 29.2. The Morgan fingerprint density at radius 1 is 0.317 bits per heavy atom. The van der Waals surface area contributed by atoms with Gasteiger partial charge in [0.15, 0.2) is 6.10 Å². The smallest absolute Gasteiger partial charge is 0.306 e. The maximum absolute atomic E-state index is 12.8. The Kier molecular flexibility index (Phi) is 45.7. The topological polar surface area (TPSA) is 78.9 Å². The van der Waals surface area contributed by atoms with E-state index in [9.17, 15) is 14.4 Å². The van der Waals surface area contributed by atoms with E-state index in [4.69, 9.17) is 14.2 Å². The molecule has 356 valence electrons. The Morgan fingerprint density at radius 3 is 0.817 bits per heavy atom. The van der Waals surface area contributed by atoms with Crippen molar-refractivity contribution in [2.24, 2.45) is 11.8 Å². The van der Waals surface area contributed by atoms with E-state index in [1.54, 1.807) is 0 Å². The Bertz CT molecular complexity index is 916. The summed E-state index contributed by atoms with van der Waals surface area (Å²) in [4.78, 5) is 38.0. The minimum atomic E-state index is -0.761. The van der Waals surface area contributed by atoms with Crippen LogP contribution >= 0.6 is 0 Å². The summed E-state index contributed by atoms with van der Waals surface area (Å²) in [6.07, 6.45) is 48.0. The van der Waals surface area contributed by atoms with Crippen LogP contribution in [0.15, 0.2) is 0 Å². The van der Waals surface area contributed by atoms with Crippen molar-refractivity contribution in [3.05, 3.63) is 0 Å². The molecule has 0 heterocycles. The van der Waals surface area contributed by atoms with Crippen LogP contribution in [0, 0.1) is 11.8 Å². The van der Waals surface area contributed by atoms with Crippen molar-refractivity contribution >= 4 is 17.9 Å². The van der Waals surface area contributed by atoms with Crippen LogP contribution in [0.4, 0.5) is 0 Å². The molecule has 0 spiro atoms. The SMILES string of the molecule is CCCCCCCCCCCCCC(=O)OC[C@H](COC(=O)CCCCCCCCCCCCCCCCCC(C)C)OC(=O)CCCCCCCCCCCCC(C)C. The van der Waals surface area contributed by atoms with Gasteiger partial charge in [-0.3, -0.25) is 14.4 Å². The highest BCUT2D eigenvalue weighted by Crippen LogP contribution is 2.18. The van der Waals surface area contributed by atoms with Gasteiger partial charge in [-0.2, -0.15) is 0 Å². The third-order valence-electron chi connectivity index (χ3n) is 12.2.